The Morgan fingerprint density at radius 1 is 0.219 bits per heavy atom. The highest BCUT2D eigenvalue weighted by molar-refractivity contribution is 8.06. The lowest BCUT2D eigenvalue weighted by molar-refractivity contribution is 0.573. The molecule has 0 aliphatic rings. The van der Waals surface area contributed by atoms with E-state index < -0.39 is 72.5 Å². The summed E-state index contributed by atoms with van der Waals surface area (Å²) < 4.78 is 0. The normalized spacial score (nSPS) is 17.1. The van der Waals surface area contributed by atoms with Crippen LogP contribution in [0.2, 0.25) is 131 Å². The summed E-state index contributed by atoms with van der Waals surface area (Å²) in [7, 11) is -16.9. The molecule has 0 aromatic rings. The van der Waals surface area contributed by atoms with Crippen LogP contribution >= 0.6 is 0 Å². The third-order valence-electron chi connectivity index (χ3n) is 14.0. The molecule has 0 unspecified atom stereocenters. The molecule has 2 nitrogen and oxygen atoms in total. The molecule has 0 saturated carbocycles. The minimum absolute atomic E-state index is 1.53. The van der Waals surface area contributed by atoms with Gasteiger partial charge in [-0.05, 0) is 26.2 Å². The average Bonchev–Trinajstić information content (AvgIpc) is 2.51. The number of hydrogen-bond acceptors (Lipinski definition) is 2. The van der Waals surface area contributed by atoms with Crippen LogP contribution in [-0.2, 0) is 0 Å². The minimum Gasteiger partial charge on any atom is -0.435 e. The van der Waals surface area contributed by atoms with E-state index in [0.29, 0.717) is 0 Å². The zero-order valence-electron chi connectivity index (χ0n) is 25.9. The number of hydrogen-bond donors (Lipinski definition) is 2. The Labute approximate surface area is 211 Å². The molecule has 0 aromatic carbocycles. The maximum atomic E-state index is 11.5. The minimum atomic E-state index is -2.13. The van der Waals surface area contributed by atoms with Crippen LogP contribution < -0.4 is 0 Å². The lowest BCUT2D eigenvalue weighted by Crippen LogP contribution is -2.95. The summed E-state index contributed by atoms with van der Waals surface area (Å²) in [4.78, 5) is 23.0. The first-order chi connectivity index (χ1) is 13.2. The summed E-state index contributed by atoms with van der Waals surface area (Å²) in [5.41, 5.74) is 0. The van der Waals surface area contributed by atoms with E-state index in [1.165, 1.54) is 0 Å². The molecule has 12 heteroatoms. The summed E-state index contributed by atoms with van der Waals surface area (Å²) >= 11 is 0. The molecule has 0 heterocycles. The van der Waals surface area contributed by atoms with Crippen LogP contribution in [0, 0.1) is 0 Å². The molecule has 0 aliphatic heterocycles. The molecule has 0 aromatic heterocycles. The smallest absolute Gasteiger partial charge is 0.166 e. The van der Waals surface area contributed by atoms with E-state index >= 15 is 0 Å². The van der Waals surface area contributed by atoms with Crippen LogP contribution in [0.25, 0.3) is 0 Å². The molecule has 0 spiro atoms. The fourth-order valence-electron chi connectivity index (χ4n) is 6.22. The fourth-order valence-corrected chi connectivity index (χ4v) is 306. The van der Waals surface area contributed by atoms with Gasteiger partial charge < -0.3 is 9.59 Å². The molecule has 0 fully saturated rings. The third kappa shape index (κ3) is 4.49. The highest BCUT2D eigenvalue weighted by Crippen LogP contribution is 2.47. The van der Waals surface area contributed by atoms with Crippen molar-refractivity contribution in [2.45, 2.75) is 131 Å². The van der Waals surface area contributed by atoms with Crippen molar-refractivity contribution in [3.8, 4) is 0 Å². The van der Waals surface area contributed by atoms with Crippen molar-refractivity contribution in [3.63, 3.8) is 0 Å². The topological polar surface area (TPSA) is 40.5 Å². The summed E-state index contributed by atoms with van der Waals surface area (Å²) in [5, 5.41) is 0. The summed E-state index contributed by atoms with van der Waals surface area (Å²) in [6.07, 6.45) is 0. The van der Waals surface area contributed by atoms with Crippen molar-refractivity contribution in [3.05, 3.63) is 0 Å². The molecule has 194 valence electrons. The van der Waals surface area contributed by atoms with E-state index in [4.69, 9.17) is 0 Å². The Bertz CT molecular complexity index is 636. The van der Waals surface area contributed by atoms with Gasteiger partial charge >= 0.3 is 0 Å². The molecule has 0 atom stereocenters. The van der Waals surface area contributed by atoms with Crippen LogP contribution in [0.3, 0.4) is 0 Å². The monoisotopic (exact) mass is 614 g/mol. The van der Waals surface area contributed by atoms with Crippen LogP contribution in [0.4, 0.5) is 0 Å². The van der Waals surface area contributed by atoms with Crippen LogP contribution in [0.1, 0.15) is 0 Å². The van der Waals surface area contributed by atoms with Crippen molar-refractivity contribution >= 4 is 72.5 Å². The molecule has 0 amide bonds. The van der Waals surface area contributed by atoms with Gasteiger partial charge in [0.05, 0.1) is 14.2 Å². The summed E-state index contributed by atoms with van der Waals surface area (Å²) in [6.45, 7) is 52.9. The molecular weight excluding hydrogens is 553 g/mol. The second-order valence-electron chi connectivity index (χ2n) is 16.1. The first kappa shape index (κ1) is 34.1. The predicted molar refractivity (Wildman–Crippen MR) is 179 cm³/mol. The lowest BCUT2D eigenvalue weighted by Gasteiger charge is -2.66. The van der Waals surface area contributed by atoms with Crippen molar-refractivity contribution in [1.82, 2.24) is 0 Å². The quantitative estimate of drug-likeness (QED) is 0.282. The maximum Gasteiger partial charge on any atom is 0.166 e. The maximum absolute atomic E-state index is 11.5. The Hall–Kier alpha value is 2.09. The first-order valence-corrected chi connectivity index (χ1v) is 51.6. The fraction of sp³-hybridized carbons (Fsp3) is 1.00. The highest BCUT2D eigenvalue weighted by atomic mass is 30.1. The van der Waals surface area contributed by atoms with Gasteiger partial charge in [0, 0.05) is 42.7 Å². The Morgan fingerprint density at radius 3 is 0.406 bits per heavy atom. The van der Waals surface area contributed by atoms with E-state index in [2.05, 4.69) is 131 Å². The first-order valence-electron chi connectivity index (χ1n) is 12.7. The second-order valence-corrected chi connectivity index (χ2v) is 128. The van der Waals surface area contributed by atoms with Gasteiger partial charge in [-0.3, -0.25) is 0 Å². The predicted octanol–water partition coefficient (Wildman–Crippen LogP) is 6.75. The summed E-state index contributed by atoms with van der Waals surface area (Å²) in [5.74, 6) is 0. The molecule has 0 rings (SSSR count). The van der Waals surface area contributed by atoms with Gasteiger partial charge in [-0.15, -0.1) is 0 Å². The van der Waals surface area contributed by atoms with Gasteiger partial charge in [0.15, 0.2) is 15.7 Å². The molecule has 0 bridgehead atoms. The Kier molecular flexibility index (Phi) is 9.42. The summed E-state index contributed by atoms with van der Waals surface area (Å²) in [6, 6.07) is 0. The zero-order chi connectivity index (χ0) is 27.0. The largest absolute Gasteiger partial charge is 0.435 e. The van der Waals surface area contributed by atoms with Gasteiger partial charge in [-0.25, -0.2) is 0 Å². The van der Waals surface area contributed by atoms with Crippen LogP contribution in [-0.4, -0.2) is 82.1 Å². The van der Waals surface area contributed by atoms with Crippen LogP contribution in [0.5, 0.6) is 0 Å². The lowest BCUT2D eigenvalue weighted by atomic mass is 11.9. The van der Waals surface area contributed by atoms with Gasteiger partial charge in [0.25, 0.3) is 0 Å². The van der Waals surface area contributed by atoms with E-state index in [-0.39, 0.29) is 0 Å². The van der Waals surface area contributed by atoms with Gasteiger partial charge in [0.2, 0.25) is 0 Å². The van der Waals surface area contributed by atoms with E-state index in [1.807, 2.05) is 0 Å². The number of rotatable bonds is 9. The van der Waals surface area contributed by atoms with Crippen LogP contribution in [0.15, 0.2) is 0 Å². The Morgan fingerprint density at radius 2 is 0.312 bits per heavy atom. The molecule has 0 aliphatic carbocycles. The van der Waals surface area contributed by atoms with Gasteiger partial charge in [-0.2, -0.15) is 0 Å². The van der Waals surface area contributed by atoms with Crippen molar-refractivity contribution in [2.24, 2.45) is 0 Å². The van der Waals surface area contributed by atoms with E-state index in [1.54, 1.807) is 0 Å². The van der Waals surface area contributed by atoms with Crippen molar-refractivity contribution < 1.29 is 9.59 Å². The standard InChI is InChI=1S/C20H62O2Si10/c1-23(2,21)25(5,6)27(9,10)29(13,14)31(17,18)32(19,20)30(15,16)28(11,12)26(7,8)24(3,4)22/h21-22H,1-20H3. The van der Waals surface area contributed by atoms with Gasteiger partial charge in [0.1, 0.15) is 0 Å². The van der Waals surface area contributed by atoms with E-state index in [9.17, 15) is 9.59 Å². The van der Waals surface area contributed by atoms with Gasteiger partial charge in [-0.1, -0.05) is 105 Å². The molecular formula is C20H62O2Si10. The zero-order valence-corrected chi connectivity index (χ0v) is 35.9. The molecule has 0 saturated heterocycles. The highest BCUT2D eigenvalue weighted by Gasteiger charge is 2.72. The second kappa shape index (κ2) is 8.84. The Balaban J connectivity index is 7.00. The van der Waals surface area contributed by atoms with Crippen molar-refractivity contribution in [2.75, 3.05) is 0 Å². The third-order valence-corrected chi connectivity index (χ3v) is 231. The molecule has 32 heavy (non-hydrogen) atoms. The molecule has 2 N–H and O–H groups in total. The van der Waals surface area contributed by atoms with E-state index in [0.717, 1.165) is 0 Å². The molecule has 0 radical (unpaired) electrons. The van der Waals surface area contributed by atoms with Crippen molar-refractivity contribution in [1.29, 1.82) is 0 Å². The SMILES string of the molecule is C[Si](C)(O)[Si](C)(C)[Si](C)(C)[Si](C)(C)[Si](C)(C)[Si](C)(C)[Si](C)(C)[Si](C)(C)[Si](C)(C)[Si](C)(C)O. The average molecular weight is 616 g/mol.